The summed E-state index contributed by atoms with van der Waals surface area (Å²) in [5.41, 5.74) is -0.240. The van der Waals surface area contributed by atoms with E-state index in [0.717, 1.165) is 5.56 Å². The lowest BCUT2D eigenvalue weighted by molar-refractivity contribution is 0.0398. The Bertz CT molecular complexity index is 888. The van der Waals surface area contributed by atoms with Gasteiger partial charge in [0.05, 0.1) is 0 Å². The smallest absolute Gasteiger partial charge is 0.188 e. The van der Waals surface area contributed by atoms with Crippen molar-refractivity contribution >= 4 is 0 Å². The summed E-state index contributed by atoms with van der Waals surface area (Å²) in [7, 11) is 1.46. The van der Waals surface area contributed by atoms with Gasteiger partial charge in [0, 0.05) is 31.5 Å². The predicted molar refractivity (Wildman–Crippen MR) is 96.2 cm³/mol. The molecule has 4 nitrogen and oxygen atoms in total. The van der Waals surface area contributed by atoms with Gasteiger partial charge in [-0.3, -0.25) is 4.98 Å². The van der Waals surface area contributed by atoms with E-state index < -0.39 is 17.2 Å². The molecule has 27 heavy (non-hydrogen) atoms. The number of methoxy groups -OCH3 is 1. The number of rotatable bonds is 7. The largest absolute Gasteiger partial charge is 0.467 e. The molecule has 2 aromatic carbocycles. The zero-order valence-corrected chi connectivity index (χ0v) is 14.7. The highest BCUT2D eigenvalue weighted by Crippen LogP contribution is 2.39. The second kappa shape index (κ2) is 8.24. The van der Waals surface area contributed by atoms with Crippen LogP contribution >= 0.6 is 0 Å². The number of aromatic nitrogens is 1. The van der Waals surface area contributed by atoms with Crippen molar-refractivity contribution in [2.45, 2.75) is 12.0 Å². The fourth-order valence-electron chi connectivity index (χ4n) is 2.95. The first kappa shape index (κ1) is 18.9. The van der Waals surface area contributed by atoms with Crippen LogP contribution in [0.25, 0.3) is 0 Å². The lowest BCUT2D eigenvalue weighted by Crippen LogP contribution is -2.31. The van der Waals surface area contributed by atoms with Gasteiger partial charge in [-0.05, 0) is 53.6 Å². The summed E-state index contributed by atoms with van der Waals surface area (Å²) in [6.07, 6.45) is 3.33. The molecule has 6 heteroatoms. The van der Waals surface area contributed by atoms with Gasteiger partial charge in [0.25, 0.3) is 0 Å². The van der Waals surface area contributed by atoms with E-state index in [1.165, 1.54) is 49.6 Å². The second-order valence-corrected chi connectivity index (χ2v) is 6.09. The standard InChI is InChI=1S/C21H19F2NO3/c1-26-14-27-20-7-6-18(23)12-19(20)21(25,13-15-8-10-24-11-9-15)16-2-4-17(22)5-3-16/h2-12,25H,13-14H2,1H3. The Morgan fingerprint density at radius 3 is 2.30 bits per heavy atom. The maximum atomic E-state index is 14.1. The molecule has 0 amide bonds. The number of hydrogen-bond acceptors (Lipinski definition) is 4. The molecule has 0 saturated carbocycles. The van der Waals surface area contributed by atoms with Crippen LogP contribution in [-0.4, -0.2) is 24.0 Å². The molecular formula is C21H19F2NO3. The Morgan fingerprint density at radius 1 is 0.963 bits per heavy atom. The van der Waals surface area contributed by atoms with Gasteiger partial charge >= 0.3 is 0 Å². The molecule has 3 rings (SSSR count). The SMILES string of the molecule is COCOc1ccc(F)cc1C(O)(Cc1ccncc1)c1ccc(F)cc1. The lowest BCUT2D eigenvalue weighted by atomic mass is 9.81. The van der Waals surface area contributed by atoms with Gasteiger partial charge in [-0.2, -0.15) is 0 Å². The van der Waals surface area contributed by atoms with E-state index in [0.29, 0.717) is 5.56 Å². The maximum Gasteiger partial charge on any atom is 0.188 e. The summed E-state index contributed by atoms with van der Waals surface area (Å²) in [5.74, 6) is -0.677. The molecule has 0 aliphatic heterocycles. The molecule has 0 radical (unpaired) electrons. The highest BCUT2D eigenvalue weighted by Gasteiger charge is 2.35. The summed E-state index contributed by atoms with van der Waals surface area (Å²) in [6.45, 7) is -0.0621. The van der Waals surface area contributed by atoms with Crippen molar-refractivity contribution in [3.63, 3.8) is 0 Å². The van der Waals surface area contributed by atoms with Crippen molar-refractivity contribution in [3.8, 4) is 5.75 Å². The first-order chi connectivity index (χ1) is 13.0. The minimum absolute atomic E-state index is 0.0621. The molecule has 1 atom stereocenters. The Labute approximate surface area is 156 Å². The predicted octanol–water partition coefficient (Wildman–Crippen LogP) is 3.82. The van der Waals surface area contributed by atoms with Gasteiger partial charge in [0.1, 0.15) is 23.0 Å². The molecule has 0 fully saturated rings. The molecule has 3 aromatic rings. The summed E-state index contributed by atoms with van der Waals surface area (Å²) < 4.78 is 37.9. The van der Waals surface area contributed by atoms with Gasteiger partial charge in [0.15, 0.2) is 6.79 Å². The summed E-state index contributed by atoms with van der Waals surface area (Å²) >= 11 is 0. The van der Waals surface area contributed by atoms with E-state index in [1.54, 1.807) is 24.5 Å². The van der Waals surface area contributed by atoms with Crippen molar-refractivity contribution in [1.82, 2.24) is 4.98 Å². The second-order valence-electron chi connectivity index (χ2n) is 6.09. The third-order valence-corrected chi connectivity index (χ3v) is 4.25. The number of benzene rings is 2. The molecule has 0 aliphatic rings. The Morgan fingerprint density at radius 2 is 1.63 bits per heavy atom. The monoisotopic (exact) mass is 371 g/mol. The van der Waals surface area contributed by atoms with Gasteiger partial charge in [0.2, 0.25) is 0 Å². The molecule has 1 heterocycles. The molecule has 1 aromatic heterocycles. The summed E-state index contributed by atoms with van der Waals surface area (Å²) in [4.78, 5) is 3.97. The topological polar surface area (TPSA) is 51.6 Å². The van der Waals surface area contributed by atoms with Crippen LogP contribution in [-0.2, 0) is 16.8 Å². The Kier molecular flexibility index (Phi) is 5.78. The number of halogens is 2. The van der Waals surface area contributed by atoms with Crippen molar-refractivity contribution < 1.29 is 23.4 Å². The van der Waals surface area contributed by atoms with Crippen LogP contribution in [0.3, 0.4) is 0 Å². The first-order valence-electron chi connectivity index (χ1n) is 8.32. The first-order valence-corrected chi connectivity index (χ1v) is 8.32. The van der Waals surface area contributed by atoms with Crippen LogP contribution in [0.4, 0.5) is 8.78 Å². The van der Waals surface area contributed by atoms with Crippen LogP contribution < -0.4 is 4.74 Å². The zero-order chi connectivity index (χ0) is 19.3. The van der Waals surface area contributed by atoms with E-state index in [-0.39, 0.29) is 24.5 Å². The lowest BCUT2D eigenvalue weighted by Gasteiger charge is -2.31. The highest BCUT2D eigenvalue weighted by atomic mass is 19.1. The van der Waals surface area contributed by atoms with E-state index in [2.05, 4.69) is 4.98 Å². The van der Waals surface area contributed by atoms with E-state index >= 15 is 0 Å². The van der Waals surface area contributed by atoms with Crippen molar-refractivity contribution in [3.05, 3.63) is 95.3 Å². The average molecular weight is 371 g/mol. The number of pyridine rings is 1. The Hall–Kier alpha value is -2.83. The minimum Gasteiger partial charge on any atom is -0.467 e. The van der Waals surface area contributed by atoms with Gasteiger partial charge in [-0.1, -0.05) is 12.1 Å². The van der Waals surface area contributed by atoms with Gasteiger partial charge < -0.3 is 14.6 Å². The number of aliphatic hydroxyl groups is 1. The quantitative estimate of drug-likeness (QED) is 0.642. The van der Waals surface area contributed by atoms with Crippen LogP contribution in [0.1, 0.15) is 16.7 Å². The molecular weight excluding hydrogens is 352 g/mol. The number of nitrogens with zero attached hydrogens (tertiary/aromatic N) is 1. The molecule has 0 saturated heterocycles. The van der Waals surface area contributed by atoms with Crippen LogP contribution in [0, 0.1) is 11.6 Å². The fourth-order valence-corrected chi connectivity index (χ4v) is 2.95. The zero-order valence-electron chi connectivity index (χ0n) is 14.7. The molecule has 1 unspecified atom stereocenters. The Balaban J connectivity index is 2.15. The minimum atomic E-state index is -1.65. The third-order valence-electron chi connectivity index (χ3n) is 4.25. The van der Waals surface area contributed by atoms with Gasteiger partial charge in [-0.15, -0.1) is 0 Å². The third kappa shape index (κ3) is 4.30. The molecule has 0 aliphatic carbocycles. The molecule has 0 spiro atoms. The van der Waals surface area contributed by atoms with Crippen LogP contribution in [0.15, 0.2) is 67.0 Å². The molecule has 140 valence electrons. The van der Waals surface area contributed by atoms with Gasteiger partial charge in [-0.25, -0.2) is 8.78 Å². The normalized spacial score (nSPS) is 13.2. The maximum absolute atomic E-state index is 14.1. The highest BCUT2D eigenvalue weighted by molar-refractivity contribution is 5.46. The fraction of sp³-hybridized carbons (Fsp3) is 0.190. The van der Waals surface area contributed by atoms with E-state index in [1.807, 2.05) is 0 Å². The molecule has 0 bridgehead atoms. The van der Waals surface area contributed by atoms with Crippen molar-refractivity contribution in [2.75, 3.05) is 13.9 Å². The van der Waals surface area contributed by atoms with E-state index in [4.69, 9.17) is 9.47 Å². The van der Waals surface area contributed by atoms with Crippen LogP contribution in [0.5, 0.6) is 5.75 Å². The van der Waals surface area contributed by atoms with Crippen LogP contribution in [0.2, 0.25) is 0 Å². The average Bonchev–Trinajstić information content (AvgIpc) is 2.68. The summed E-state index contributed by atoms with van der Waals surface area (Å²) in [5, 5.41) is 11.7. The van der Waals surface area contributed by atoms with E-state index in [9.17, 15) is 13.9 Å². The summed E-state index contributed by atoms with van der Waals surface area (Å²) in [6, 6.07) is 12.9. The molecule has 1 N–H and O–H groups in total. The number of ether oxygens (including phenoxy) is 2. The van der Waals surface area contributed by atoms with Crippen molar-refractivity contribution in [1.29, 1.82) is 0 Å². The van der Waals surface area contributed by atoms with Crippen molar-refractivity contribution in [2.24, 2.45) is 0 Å². The number of hydrogen-bond donors (Lipinski definition) is 1.